The van der Waals surface area contributed by atoms with E-state index in [-0.39, 0.29) is 0 Å². The summed E-state index contributed by atoms with van der Waals surface area (Å²) in [5, 5.41) is 8.06. The number of nitriles is 1. The van der Waals surface area contributed by atoms with Crippen molar-refractivity contribution in [3.63, 3.8) is 0 Å². The SMILES string of the molecule is [CH2]OCCCCC#N. The predicted octanol–water partition coefficient (Wildman–Crippen LogP) is 1.49. The van der Waals surface area contributed by atoms with Gasteiger partial charge in [-0.2, -0.15) is 5.26 Å². The minimum atomic E-state index is 0.628. The van der Waals surface area contributed by atoms with Gasteiger partial charge in [-0.05, 0) is 12.8 Å². The van der Waals surface area contributed by atoms with Crippen molar-refractivity contribution in [2.24, 2.45) is 0 Å². The lowest BCUT2D eigenvalue weighted by Gasteiger charge is -1.91. The molecule has 0 aromatic heterocycles. The van der Waals surface area contributed by atoms with E-state index in [4.69, 9.17) is 5.26 Å². The number of hydrogen-bond acceptors (Lipinski definition) is 2. The molecule has 2 heteroatoms. The van der Waals surface area contributed by atoms with Gasteiger partial charge in [-0.1, -0.05) is 0 Å². The Hall–Kier alpha value is -0.550. The van der Waals surface area contributed by atoms with Gasteiger partial charge in [0.25, 0.3) is 0 Å². The predicted molar refractivity (Wildman–Crippen MR) is 30.8 cm³/mol. The lowest BCUT2D eigenvalue weighted by molar-refractivity contribution is 0.235. The zero-order chi connectivity index (χ0) is 6.24. The molecule has 0 heterocycles. The van der Waals surface area contributed by atoms with Crippen molar-refractivity contribution < 1.29 is 4.74 Å². The van der Waals surface area contributed by atoms with Crippen LogP contribution in [0.1, 0.15) is 19.3 Å². The van der Waals surface area contributed by atoms with Gasteiger partial charge in [-0.3, -0.25) is 0 Å². The average Bonchev–Trinajstić information content (AvgIpc) is 1.81. The molecular formula is C6H10NO. The van der Waals surface area contributed by atoms with Crippen LogP contribution in [0.5, 0.6) is 0 Å². The molecule has 0 aliphatic heterocycles. The van der Waals surface area contributed by atoms with Gasteiger partial charge < -0.3 is 4.74 Å². The lowest BCUT2D eigenvalue weighted by atomic mass is 10.3. The van der Waals surface area contributed by atoms with Gasteiger partial charge in [0, 0.05) is 13.0 Å². The molecule has 8 heavy (non-hydrogen) atoms. The maximum atomic E-state index is 8.06. The Morgan fingerprint density at radius 1 is 1.50 bits per heavy atom. The third-order valence-corrected chi connectivity index (χ3v) is 0.827. The molecule has 0 saturated carbocycles. The number of rotatable bonds is 4. The highest BCUT2D eigenvalue weighted by molar-refractivity contribution is 4.67. The molecule has 0 unspecified atom stereocenters. The van der Waals surface area contributed by atoms with E-state index in [1.165, 1.54) is 0 Å². The summed E-state index contributed by atoms with van der Waals surface area (Å²) in [6.07, 6.45) is 2.49. The Labute approximate surface area is 50.1 Å². The fourth-order valence-electron chi connectivity index (χ4n) is 0.408. The highest BCUT2D eigenvalue weighted by atomic mass is 16.5. The van der Waals surface area contributed by atoms with Crippen molar-refractivity contribution in [2.75, 3.05) is 6.61 Å². The van der Waals surface area contributed by atoms with E-state index < -0.39 is 0 Å². The highest BCUT2D eigenvalue weighted by Gasteiger charge is 1.83. The zero-order valence-electron chi connectivity index (χ0n) is 4.89. The van der Waals surface area contributed by atoms with Gasteiger partial charge in [-0.25, -0.2) is 0 Å². The fraction of sp³-hybridized carbons (Fsp3) is 0.667. The second kappa shape index (κ2) is 6.45. The largest absolute Gasteiger partial charge is 0.379 e. The van der Waals surface area contributed by atoms with Crippen LogP contribution in [0.2, 0.25) is 0 Å². The van der Waals surface area contributed by atoms with Crippen LogP contribution in [-0.2, 0) is 4.74 Å². The van der Waals surface area contributed by atoms with Crippen LogP contribution in [0.25, 0.3) is 0 Å². The average molecular weight is 112 g/mol. The maximum absolute atomic E-state index is 8.06. The topological polar surface area (TPSA) is 33.0 Å². The summed E-state index contributed by atoms with van der Waals surface area (Å²) in [5.41, 5.74) is 0. The van der Waals surface area contributed by atoms with Crippen molar-refractivity contribution in [3.05, 3.63) is 7.11 Å². The molecule has 0 aromatic rings. The molecule has 2 nitrogen and oxygen atoms in total. The summed E-state index contributed by atoms with van der Waals surface area (Å²) in [4.78, 5) is 0. The highest BCUT2D eigenvalue weighted by Crippen LogP contribution is 1.92. The minimum Gasteiger partial charge on any atom is -0.379 e. The Balaban J connectivity index is 2.65. The first-order valence-electron chi connectivity index (χ1n) is 2.65. The number of nitrogens with zero attached hydrogens (tertiary/aromatic N) is 1. The van der Waals surface area contributed by atoms with Crippen molar-refractivity contribution in [1.29, 1.82) is 5.26 Å². The third kappa shape index (κ3) is 5.45. The van der Waals surface area contributed by atoms with Gasteiger partial charge in [0.15, 0.2) is 0 Å². The molecule has 0 saturated heterocycles. The first-order chi connectivity index (χ1) is 3.91. The number of hydrogen-bond donors (Lipinski definition) is 0. The van der Waals surface area contributed by atoms with E-state index in [1.54, 1.807) is 0 Å². The quantitative estimate of drug-likeness (QED) is 0.516. The Morgan fingerprint density at radius 3 is 2.75 bits per heavy atom. The van der Waals surface area contributed by atoms with Gasteiger partial charge in [-0.15, -0.1) is 0 Å². The number of unbranched alkanes of at least 4 members (excludes halogenated alkanes) is 2. The molecule has 0 spiro atoms. The Kier molecular flexibility index (Phi) is 6.01. The molecule has 0 bridgehead atoms. The van der Waals surface area contributed by atoms with Crippen molar-refractivity contribution >= 4 is 0 Å². The molecule has 0 amide bonds. The van der Waals surface area contributed by atoms with Gasteiger partial charge in [0.1, 0.15) is 0 Å². The number of ether oxygens (including phenoxy) is 1. The summed E-state index contributed by atoms with van der Waals surface area (Å²) >= 11 is 0. The van der Waals surface area contributed by atoms with Gasteiger partial charge >= 0.3 is 0 Å². The van der Waals surface area contributed by atoms with E-state index in [1.807, 2.05) is 0 Å². The van der Waals surface area contributed by atoms with E-state index in [0.717, 1.165) is 12.8 Å². The smallest absolute Gasteiger partial charge is 0.0700 e. The monoisotopic (exact) mass is 112 g/mol. The van der Waals surface area contributed by atoms with E-state index >= 15 is 0 Å². The summed E-state index contributed by atoms with van der Waals surface area (Å²) in [6.45, 7) is 0.668. The Bertz CT molecular complexity index is 75.1. The molecule has 0 aromatic carbocycles. The third-order valence-electron chi connectivity index (χ3n) is 0.827. The van der Waals surface area contributed by atoms with Crippen molar-refractivity contribution in [2.45, 2.75) is 19.3 Å². The summed E-state index contributed by atoms with van der Waals surface area (Å²) in [5.74, 6) is 0. The summed E-state index contributed by atoms with van der Waals surface area (Å²) in [7, 11) is 3.20. The molecular weight excluding hydrogens is 102 g/mol. The van der Waals surface area contributed by atoms with Crippen LogP contribution in [-0.4, -0.2) is 6.61 Å². The molecule has 0 aliphatic rings. The standard InChI is InChI=1S/C6H10NO/c1-8-6-4-2-3-5-7/h1-4,6H2. The summed E-state index contributed by atoms with van der Waals surface area (Å²) in [6, 6.07) is 2.05. The van der Waals surface area contributed by atoms with Crippen molar-refractivity contribution in [1.82, 2.24) is 0 Å². The fourth-order valence-corrected chi connectivity index (χ4v) is 0.408. The Morgan fingerprint density at radius 2 is 2.25 bits per heavy atom. The first-order valence-corrected chi connectivity index (χ1v) is 2.65. The van der Waals surface area contributed by atoms with Crippen LogP contribution in [0.3, 0.4) is 0 Å². The zero-order valence-corrected chi connectivity index (χ0v) is 4.89. The summed E-state index contributed by atoms with van der Waals surface area (Å²) < 4.78 is 4.53. The van der Waals surface area contributed by atoms with E-state index in [0.29, 0.717) is 13.0 Å². The molecule has 0 atom stereocenters. The normalized spacial score (nSPS) is 8.50. The molecule has 45 valence electrons. The second-order valence-corrected chi connectivity index (χ2v) is 1.52. The van der Waals surface area contributed by atoms with E-state index in [9.17, 15) is 0 Å². The second-order valence-electron chi connectivity index (χ2n) is 1.52. The van der Waals surface area contributed by atoms with E-state index in [2.05, 4.69) is 17.9 Å². The molecule has 1 radical (unpaired) electrons. The van der Waals surface area contributed by atoms with Crippen LogP contribution >= 0.6 is 0 Å². The van der Waals surface area contributed by atoms with Crippen LogP contribution in [0.4, 0.5) is 0 Å². The minimum absolute atomic E-state index is 0.628. The molecule has 0 rings (SSSR count). The molecule has 0 N–H and O–H groups in total. The first kappa shape index (κ1) is 7.45. The van der Waals surface area contributed by atoms with Crippen LogP contribution in [0.15, 0.2) is 0 Å². The maximum Gasteiger partial charge on any atom is 0.0700 e. The van der Waals surface area contributed by atoms with Gasteiger partial charge in [0.2, 0.25) is 0 Å². The van der Waals surface area contributed by atoms with Gasteiger partial charge in [0.05, 0.1) is 13.2 Å². The van der Waals surface area contributed by atoms with Crippen LogP contribution < -0.4 is 0 Å². The van der Waals surface area contributed by atoms with Crippen molar-refractivity contribution in [3.8, 4) is 6.07 Å². The molecule has 0 fully saturated rings. The molecule has 0 aliphatic carbocycles. The van der Waals surface area contributed by atoms with Crippen LogP contribution in [0, 0.1) is 18.4 Å². The lowest BCUT2D eigenvalue weighted by Crippen LogP contribution is -1.84.